The summed E-state index contributed by atoms with van der Waals surface area (Å²) in [6.45, 7) is 12.4. The van der Waals surface area contributed by atoms with E-state index in [1.807, 2.05) is 27.7 Å². The molecule has 1 aromatic rings. The Morgan fingerprint density at radius 3 is 1.50 bits per heavy atom. The van der Waals surface area contributed by atoms with Gasteiger partial charge in [-0.1, -0.05) is 58.0 Å². The van der Waals surface area contributed by atoms with Crippen LogP contribution in [0.1, 0.15) is 47.1 Å². The second kappa shape index (κ2) is 9.41. The monoisotopic (exact) mass is 223 g/mol. The lowest BCUT2D eigenvalue weighted by Gasteiger charge is -2.33. The lowest BCUT2D eigenvalue weighted by atomic mass is 9.93. The van der Waals surface area contributed by atoms with E-state index in [1.165, 1.54) is 5.56 Å². The quantitative estimate of drug-likeness (QED) is 0.711. The first-order chi connectivity index (χ1) is 7.55. The maximum atomic E-state index is 2.22. The summed E-state index contributed by atoms with van der Waals surface area (Å²) in [4.78, 5) is 2.22. The van der Waals surface area contributed by atoms with Crippen molar-refractivity contribution in [3.8, 4) is 0 Å². The Hall–Kier alpha value is -0.820. The number of hydrogen-bond acceptors (Lipinski definition) is 1. The van der Waals surface area contributed by atoms with Gasteiger partial charge in [-0.25, -0.2) is 0 Å². The molecule has 1 nitrogen and oxygen atoms in total. The summed E-state index contributed by atoms with van der Waals surface area (Å²) in [5.74, 6) is 0. The Morgan fingerprint density at radius 1 is 0.812 bits per heavy atom. The maximum absolute atomic E-state index is 2.22. The van der Waals surface area contributed by atoms with E-state index in [-0.39, 0.29) is 5.54 Å². The summed E-state index contributed by atoms with van der Waals surface area (Å²) >= 11 is 0. The van der Waals surface area contributed by atoms with Crippen LogP contribution in [0.15, 0.2) is 30.3 Å². The minimum atomic E-state index is 0.126. The Balaban J connectivity index is 0. The fourth-order valence-corrected chi connectivity index (χ4v) is 1.10. The maximum Gasteiger partial charge on any atom is 0.0398 e. The summed E-state index contributed by atoms with van der Waals surface area (Å²) in [5.41, 5.74) is 1.48. The normalized spacial score (nSPS) is 9.81. The van der Waals surface area contributed by atoms with Crippen molar-refractivity contribution in [1.29, 1.82) is 0 Å². The van der Waals surface area contributed by atoms with Crippen molar-refractivity contribution in [3.63, 3.8) is 0 Å². The molecule has 0 N–H and O–H groups in total. The van der Waals surface area contributed by atoms with E-state index in [4.69, 9.17) is 0 Å². The Kier molecular flexibility index (Phi) is 10.3. The van der Waals surface area contributed by atoms with Crippen LogP contribution in [0.2, 0.25) is 0 Å². The molecule has 0 aliphatic heterocycles. The minimum absolute atomic E-state index is 0.126. The average Bonchev–Trinajstić information content (AvgIpc) is 2.35. The third-order valence-electron chi connectivity index (χ3n) is 2.60. The van der Waals surface area contributed by atoms with Crippen molar-refractivity contribution in [1.82, 2.24) is 4.90 Å². The molecule has 0 heterocycles. The van der Waals surface area contributed by atoms with E-state index in [9.17, 15) is 0 Å². The molecule has 0 atom stereocenters. The molecular weight excluding hydrogens is 194 g/mol. The Bertz CT molecular complexity index is 237. The van der Waals surface area contributed by atoms with E-state index in [1.54, 1.807) is 0 Å². The highest BCUT2D eigenvalue weighted by molar-refractivity contribution is 5.22. The van der Waals surface area contributed by atoms with Gasteiger partial charge in [-0.05, 0) is 33.5 Å². The Labute approximate surface area is 102 Å². The van der Waals surface area contributed by atoms with Gasteiger partial charge in [0, 0.05) is 5.54 Å². The number of nitrogens with zero attached hydrogens (tertiary/aromatic N) is 1. The van der Waals surface area contributed by atoms with E-state index in [0.717, 1.165) is 0 Å². The highest BCUT2D eigenvalue weighted by Crippen LogP contribution is 2.24. The summed E-state index contributed by atoms with van der Waals surface area (Å²) in [6.07, 6.45) is 0. The fraction of sp³-hybridized carbons (Fsp3) is 0.600. The Morgan fingerprint density at radius 2 is 1.19 bits per heavy atom. The zero-order valence-corrected chi connectivity index (χ0v) is 12.3. The molecular formula is C15H29N. The highest BCUT2D eigenvalue weighted by atomic mass is 15.1. The van der Waals surface area contributed by atoms with Gasteiger partial charge in [0.25, 0.3) is 0 Å². The number of hydrogen-bond donors (Lipinski definition) is 0. The lowest BCUT2D eigenvalue weighted by Crippen LogP contribution is -2.35. The molecule has 0 unspecified atom stereocenters. The van der Waals surface area contributed by atoms with Crippen LogP contribution >= 0.6 is 0 Å². The van der Waals surface area contributed by atoms with E-state index in [0.29, 0.717) is 0 Å². The van der Waals surface area contributed by atoms with Gasteiger partial charge in [0.15, 0.2) is 0 Å². The molecule has 0 amide bonds. The SMILES string of the molecule is CC.CC.CN(C)C(C)(C)c1ccccc1. The minimum Gasteiger partial charge on any atom is -0.300 e. The molecule has 0 fully saturated rings. The molecule has 0 aliphatic rings. The summed E-state index contributed by atoms with van der Waals surface area (Å²) < 4.78 is 0. The smallest absolute Gasteiger partial charge is 0.0398 e. The molecule has 0 aromatic heterocycles. The standard InChI is InChI=1S/C11H17N.2C2H6/c1-11(2,12(3)4)10-8-6-5-7-9-10;2*1-2/h5-9H,1-4H3;2*1-2H3. The molecule has 1 aromatic carbocycles. The third-order valence-corrected chi connectivity index (χ3v) is 2.60. The molecule has 0 bridgehead atoms. The van der Waals surface area contributed by atoms with Gasteiger partial charge in [0.05, 0.1) is 0 Å². The predicted molar refractivity (Wildman–Crippen MR) is 75.9 cm³/mol. The van der Waals surface area contributed by atoms with Crippen molar-refractivity contribution >= 4 is 0 Å². The van der Waals surface area contributed by atoms with Crippen LogP contribution in [0.3, 0.4) is 0 Å². The van der Waals surface area contributed by atoms with Gasteiger partial charge >= 0.3 is 0 Å². The van der Waals surface area contributed by atoms with Gasteiger partial charge in [0.1, 0.15) is 0 Å². The number of benzene rings is 1. The van der Waals surface area contributed by atoms with Crippen molar-refractivity contribution in [2.75, 3.05) is 14.1 Å². The van der Waals surface area contributed by atoms with Crippen LogP contribution in [0.25, 0.3) is 0 Å². The lowest BCUT2D eigenvalue weighted by molar-refractivity contribution is 0.198. The first-order valence-corrected chi connectivity index (χ1v) is 6.28. The zero-order chi connectivity index (χ0) is 13.2. The second-order valence-electron chi connectivity index (χ2n) is 3.82. The molecule has 16 heavy (non-hydrogen) atoms. The number of rotatable bonds is 2. The van der Waals surface area contributed by atoms with Crippen LogP contribution in [-0.2, 0) is 5.54 Å². The van der Waals surface area contributed by atoms with Gasteiger partial charge in [-0.3, -0.25) is 0 Å². The van der Waals surface area contributed by atoms with Gasteiger partial charge < -0.3 is 4.90 Å². The topological polar surface area (TPSA) is 3.24 Å². The predicted octanol–water partition coefficient (Wildman–Crippen LogP) is 4.54. The summed E-state index contributed by atoms with van der Waals surface area (Å²) in [6, 6.07) is 10.6. The molecule has 0 aliphatic carbocycles. The van der Waals surface area contributed by atoms with Crippen molar-refractivity contribution < 1.29 is 0 Å². The van der Waals surface area contributed by atoms with Crippen LogP contribution in [-0.4, -0.2) is 19.0 Å². The van der Waals surface area contributed by atoms with Crippen molar-refractivity contribution in [2.45, 2.75) is 47.1 Å². The van der Waals surface area contributed by atoms with Crippen LogP contribution < -0.4 is 0 Å². The molecule has 1 heteroatoms. The van der Waals surface area contributed by atoms with Gasteiger partial charge in [-0.2, -0.15) is 0 Å². The average molecular weight is 223 g/mol. The molecule has 0 saturated carbocycles. The van der Waals surface area contributed by atoms with E-state index < -0.39 is 0 Å². The van der Waals surface area contributed by atoms with Gasteiger partial charge in [-0.15, -0.1) is 0 Å². The summed E-state index contributed by atoms with van der Waals surface area (Å²) in [7, 11) is 4.21. The summed E-state index contributed by atoms with van der Waals surface area (Å²) in [5, 5.41) is 0. The largest absolute Gasteiger partial charge is 0.300 e. The van der Waals surface area contributed by atoms with Crippen LogP contribution in [0.4, 0.5) is 0 Å². The van der Waals surface area contributed by atoms with Crippen molar-refractivity contribution in [2.24, 2.45) is 0 Å². The fourth-order valence-electron chi connectivity index (χ4n) is 1.10. The molecule has 1 rings (SSSR count). The molecule has 0 saturated heterocycles. The first-order valence-electron chi connectivity index (χ1n) is 6.28. The van der Waals surface area contributed by atoms with E-state index >= 15 is 0 Å². The zero-order valence-electron chi connectivity index (χ0n) is 12.3. The molecule has 0 radical (unpaired) electrons. The molecule has 0 spiro atoms. The molecule has 94 valence electrons. The van der Waals surface area contributed by atoms with Gasteiger partial charge in [0.2, 0.25) is 0 Å². The van der Waals surface area contributed by atoms with Crippen LogP contribution in [0, 0.1) is 0 Å². The second-order valence-corrected chi connectivity index (χ2v) is 3.82. The highest BCUT2D eigenvalue weighted by Gasteiger charge is 2.21. The van der Waals surface area contributed by atoms with E-state index in [2.05, 4.69) is 63.2 Å². The van der Waals surface area contributed by atoms with Crippen LogP contribution in [0.5, 0.6) is 0 Å². The third kappa shape index (κ3) is 5.32. The first kappa shape index (κ1) is 17.6. The van der Waals surface area contributed by atoms with Crippen molar-refractivity contribution in [3.05, 3.63) is 35.9 Å².